The fourth-order valence-electron chi connectivity index (χ4n) is 4.11. The van der Waals surface area contributed by atoms with E-state index in [0.717, 1.165) is 29.3 Å². The Morgan fingerprint density at radius 2 is 2.15 bits per heavy atom. The van der Waals surface area contributed by atoms with E-state index < -0.39 is 6.04 Å². The molecule has 3 aromatic rings. The number of hydrogen-bond acceptors (Lipinski definition) is 5. The summed E-state index contributed by atoms with van der Waals surface area (Å²) in [5, 5.41) is 15.0. The van der Waals surface area contributed by atoms with E-state index in [2.05, 4.69) is 21.0 Å². The highest BCUT2D eigenvalue weighted by Gasteiger charge is 2.25. The maximum atomic E-state index is 13.3. The zero-order chi connectivity index (χ0) is 23.4. The Morgan fingerprint density at radius 3 is 2.91 bits per heavy atom. The molecule has 2 aromatic carbocycles. The van der Waals surface area contributed by atoms with Gasteiger partial charge in [0.2, 0.25) is 5.91 Å². The van der Waals surface area contributed by atoms with Gasteiger partial charge < -0.3 is 20.7 Å². The number of hydrogen-bond donors (Lipinski definition) is 3. The van der Waals surface area contributed by atoms with Gasteiger partial charge in [0, 0.05) is 25.0 Å². The van der Waals surface area contributed by atoms with Crippen LogP contribution in [-0.4, -0.2) is 41.3 Å². The molecule has 1 unspecified atom stereocenters. The molecule has 1 aliphatic rings. The lowest BCUT2D eigenvalue weighted by atomic mass is 10.1. The van der Waals surface area contributed by atoms with Crippen molar-refractivity contribution >= 4 is 40.0 Å². The fourth-order valence-corrected chi connectivity index (χ4v) is 4.39. The van der Waals surface area contributed by atoms with E-state index in [1.165, 1.54) is 0 Å². The Bertz CT molecular complexity index is 1180. The summed E-state index contributed by atoms with van der Waals surface area (Å²) < 4.78 is 7.11. The molecule has 0 aliphatic carbocycles. The second kappa shape index (κ2) is 10.1. The lowest BCUT2D eigenvalue weighted by molar-refractivity contribution is -0.122. The quantitative estimate of drug-likeness (QED) is 0.490. The monoisotopic (exact) mass is 469 g/mol. The van der Waals surface area contributed by atoms with E-state index in [4.69, 9.17) is 16.3 Å². The molecule has 2 amide bonds. The highest BCUT2D eigenvalue weighted by Crippen LogP contribution is 2.30. The summed E-state index contributed by atoms with van der Waals surface area (Å²) in [6, 6.07) is 8.70. The van der Waals surface area contributed by atoms with E-state index in [-0.39, 0.29) is 11.8 Å². The van der Waals surface area contributed by atoms with E-state index in [0.29, 0.717) is 48.1 Å². The Labute approximate surface area is 197 Å². The first kappa shape index (κ1) is 22.9. The predicted molar refractivity (Wildman–Crippen MR) is 129 cm³/mol. The van der Waals surface area contributed by atoms with E-state index in [1.54, 1.807) is 19.4 Å². The molecule has 9 heteroatoms. The molecule has 33 heavy (non-hydrogen) atoms. The summed E-state index contributed by atoms with van der Waals surface area (Å²) in [6.07, 6.45) is 4.19. The number of methoxy groups -OCH3 is 1. The molecule has 0 bridgehead atoms. The number of amides is 2. The molecule has 1 aliphatic heterocycles. The molecule has 0 saturated carbocycles. The van der Waals surface area contributed by atoms with Gasteiger partial charge in [0.25, 0.3) is 5.91 Å². The number of nitrogens with zero attached hydrogens (tertiary/aromatic N) is 2. The second-order valence-electron chi connectivity index (χ2n) is 8.02. The van der Waals surface area contributed by atoms with Gasteiger partial charge in [0.05, 0.1) is 35.1 Å². The topological polar surface area (TPSA) is 97.3 Å². The van der Waals surface area contributed by atoms with E-state index in [1.807, 2.05) is 35.9 Å². The van der Waals surface area contributed by atoms with E-state index in [9.17, 15) is 9.59 Å². The van der Waals surface area contributed by atoms with Crippen molar-refractivity contribution in [2.45, 2.75) is 45.3 Å². The van der Waals surface area contributed by atoms with Crippen molar-refractivity contribution in [3.8, 4) is 5.75 Å². The maximum absolute atomic E-state index is 13.3. The smallest absolute Gasteiger partial charge is 0.254 e. The van der Waals surface area contributed by atoms with Gasteiger partial charge in [-0.25, -0.2) is 0 Å². The molecule has 1 atom stereocenters. The minimum absolute atomic E-state index is 0.136. The highest BCUT2D eigenvalue weighted by molar-refractivity contribution is 6.32. The minimum Gasteiger partial charge on any atom is -0.495 e. The number of carbonyl (C=O) groups is 2. The Hall–Kier alpha value is -3.26. The number of aryl methyl sites for hydroxylation is 1. The molecule has 1 saturated heterocycles. The number of aromatic nitrogens is 2. The third kappa shape index (κ3) is 4.90. The summed E-state index contributed by atoms with van der Waals surface area (Å²) in [5.74, 6) is 0.176. The van der Waals surface area contributed by atoms with Crippen LogP contribution in [0.4, 0.5) is 5.69 Å². The average Bonchev–Trinajstić information content (AvgIpc) is 3.14. The predicted octanol–water partition coefficient (Wildman–Crippen LogP) is 3.73. The van der Waals surface area contributed by atoms with Crippen molar-refractivity contribution in [3.05, 3.63) is 52.7 Å². The highest BCUT2D eigenvalue weighted by atomic mass is 35.5. The first-order valence-electron chi connectivity index (χ1n) is 11.1. The van der Waals surface area contributed by atoms with Gasteiger partial charge in [-0.05, 0) is 56.0 Å². The van der Waals surface area contributed by atoms with Gasteiger partial charge in [-0.1, -0.05) is 17.7 Å². The lowest BCUT2D eigenvalue weighted by Crippen LogP contribution is -2.45. The Kier molecular flexibility index (Phi) is 7.03. The fraction of sp³-hybridized carbons (Fsp3) is 0.375. The van der Waals surface area contributed by atoms with Gasteiger partial charge in [-0.15, -0.1) is 0 Å². The van der Waals surface area contributed by atoms with Crippen molar-refractivity contribution in [1.82, 2.24) is 20.4 Å². The van der Waals surface area contributed by atoms with Gasteiger partial charge in [0.15, 0.2) is 0 Å². The van der Waals surface area contributed by atoms with Crippen LogP contribution in [0.25, 0.3) is 10.9 Å². The third-order valence-electron chi connectivity index (χ3n) is 5.90. The molecular weight excluding hydrogens is 442 g/mol. The molecule has 8 nitrogen and oxygen atoms in total. The molecule has 1 fully saturated rings. The number of halogens is 1. The van der Waals surface area contributed by atoms with Crippen molar-refractivity contribution < 1.29 is 14.3 Å². The number of carbonyl (C=O) groups excluding carboxylic acids is 2. The van der Waals surface area contributed by atoms with Gasteiger partial charge in [0.1, 0.15) is 11.8 Å². The Morgan fingerprint density at radius 1 is 1.30 bits per heavy atom. The Balaban J connectivity index is 1.64. The number of ether oxygens (including phenoxy) is 1. The number of benzene rings is 2. The van der Waals surface area contributed by atoms with Crippen LogP contribution in [0, 0.1) is 0 Å². The summed E-state index contributed by atoms with van der Waals surface area (Å²) in [7, 11) is 1.57. The zero-order valence-corrected chi connectivity index (χ0v) is 19.5. The van der Waals surface area contributed by atoms with Crippen LogP contribution in [-0.2, 0) is 17.9 Å². The van der Waals surface area contributed by atoms with Crippen molar-refractivity contribution in [3.63, 3.8) is 0 Å². The molecule has 1 aromatic heterocycles. The largest absolute Gasteiger partial charge is 0.495 e. The van der Waals surface area contributed by atoms with Gasteiger partial charge >= 0.3 is 0 Å². The van der Waals surface area contributed by atoms with Crippen molar-refractivity contribution in [2.24, 2.45) is 0 Å². The van der Waals surface area contributed by atoms with Crippen LogP contribution in [0.2, 0.25) is 5.02 Å². The summed E-state index contributed by atoms with van der Waals surface area (Å²) in [4.78, 5) is 25.6. The first-order valence-corrected chi connectivity index (χ1v) is 11.5. The van der Waals surface area contributed by atoms with Gasteiger partial charge in [-0.3, -0.25) is 14.3 Å². The van der Waals surface area contributed by atoms with E-state index >= 15 is 0 Å². The van der Waals surface area contributed by atoms with Crippen LogP contribution in [0.5, 0.6) is 5.75 Å². The van der Waals surface area contributed by atoms with Crippen LogP contribution in [0.15, 0.2) is 36.5 Å². The normalized spacial score (nSPS) is 16.2. The summed E-state index contributed by atoms with van der Waals surface area (Å²) >= 11 is 6.28. The summed E-state index contributed by atoms with van der Waals surface area (Å²) in [5.41, 5.74) is 3.01. The molecular formula is C24H28ClN5O3. The zero-order valence-electron chi connectivity index (χ0n) is 18.8. The second-order valence-corrected chi connectivity index (χ2v) is 8.42. The molecule has 3 N–H and O–H groups in total. The average molecular weight is 470 g/mol. The lowest BCUT2D eigenvalue weighted by Gasteiger charge is -2.18. The number of fused-ring (bicyclic) bond motifs is 1. The SMILES string of the molecule is CCn1ncc2c(NCc3ccc(OC)c(Cl)c3)c(C(=O)NC3CCCCNC3=O)ccc21. The first-order chi connectivity index (χ1) is 16.0. The third-order valence-corrected chi connectivity index (χ3v) is 6.19. The van der Waals surface area contributed by atoms with Crippen molar-refractivity contribution in [1.29, 1.82) is 0 Å². The molecule has 0 spiro atoms. The number of anilines is 1. The van der Waals surface area contributed by atoms with Crippen LogP contribution < -0.4 is 20.7 Å². The van der Waals surface area contributed by atoms with Crippen LogP contribution in [0.3, 0.4) is 0 Å². The van der Waals surface area contributed by atoms with Crippen LogP contribution >= 0.6 is 11.6 Å². The number of nitrogens with one attached hydrogen (secondary N) is 3. The number of rotatable bonds is 7. The maximum Gasteiger partial charge on any atom is 0.254 e. The molecule has 174 valence electrons. The molecule has 2 heterocycles. The van der Waals surface area contributed by atoms with Crippen LogP contribution in [0.1, 0.15) is 42.1 Å². The summed E-state index contributed by atoms with van der Waals surface area (Å²) in [6.45, 7) is 3.82. The minimum atomic E-state index is -0.540. The van der Waals surface area contributed by atoms with Gasteiger partial charge in [-0.2, -0.15) is 5.10 Å². The molecule has 4 rings (SSSR count). The molecule has 0 radical (unpaired) electrons. The van der Waals surface area contributed by atoms with Crippen molar-refractivity contribution in [2.75, 3.05) is 19.0 Å². The standard InChI is InChI=1S/C24H28ClN5O3/c1-3-30-20-9-8-16(23(31)29-19-6-4-5-11-26-24(19)32)22(17(20)14-28-30)27-13-15-7-10-21(33-2)18(25)12-15/h7-10,12,14,19,27H,3-6,11,13H2,1-2H3,(H,26,32)(H,29,31).